The Bertz CT molecular complexity index is 604. The molecule has 0 aliphatic heterocycles. The van der Waals surface area contributed by atoms with Crippen LogP contribution in [0, 0.1) is 5.82 Å². The summed E-state index contributed by atoms with van der Waals surface area (Å²) in [5.74, 6) is 1.16. The summed E-state index contributed by atoms with van der Waals surface area (Å²) in [6.45, 7) is 0.518. The van der Waals surface area contributed by atoms with Gasteiger partial charge in [0, 0.05) is 12.1 Å². The standard InChI is InChI=1S/C15H15BrFNO2/c1-19-12-3-5-15(13(16)7-12)20-9-10-2-4-14(17)11(6-10)8-18/h2-7H,8-9,18H2,1H3. The molecule has 0 atom stereocenters. The lowest BCUT2D eigenvalue weighted by Gasteiger charge is -2.10. The Balaban J connectivity index is 2.08. The van der Waals surface area contributed by atoms with Gasteiger partial charge >= 0.3 is 0 Å². The molecule has 0 aromatic heterocycles. The van der Waals surface area contributed by atoms with Crippen molar-refractivity contribution >= 4 is 15.9 Å². The highest BCUT2D eigenvalue weighted by atomic mass is 79.9. The van der Waals surface area contributed by atoms with Crippen LogP contribution in [0.2, 0.25) is 0 Å². The molecule has 0 fully saturated rings. The van der Waals surface area contributed by atoms with E-state index in [1.807, 2.05) is 18.2 Å². The Hall–Kier alpha value is -1.59. The molecule has 20 heavy (non-hydrogen) atoms. The largest absolute Gasteiger partial charge is 0.497 e. The van der Waals surface area contributed by atoms with Gasteiger partial charge in [-0.15, -0.1) is 0 Å². The minimum atomic E-state index is -0.290. The third kappa shape index (κ3) is 3.49. The van der Waals surface area contributed by atoms with E-state index in [1.165, 1.54) is 6.07 Å². The predicted molar refractivity (Wildman–Crippen MR) is 79.3 cm³/mol. The zero-order chi connectivity index (χ0) is 14.5. The minimum absolute atomic E-state index is 0.173. The van der Waals surface area contributed by atoms with Crippen LogP contribution in [0.5, 0.6) is 11.5 Å². The van der Waals surface area contributed by atoms with E-state index in [-0.39, 0.29) is 12.4 Å². The molecular weight excluding hydrogens is 325 g/mol. The number of hydrogen-bond donors (Lipinski definition) is 1. The SMILES string of the molecule is COc1ccc(OCc2ccc(F)c(CN)c2)c(Br)c1. The molecule has 2 rings (SSSR count). The molecule has 106 valence electrons. The Morgan fingerprint density at radius 1 is 1.20 bits per heavy atom. The number of nitrogens with two attached hydrogens (primary N) is 1. The first-order chi connectivity index (χ1) is 9.63. The Labute approximate surface area is 125 Å². The number of rotatable bonds is 5. The van der Waals surface area contributed by atoms with E-state index in [0.717, 1.165) is 15.8 Å². The van der Waals surface area contributed by atoms with E-state index in [1.54, 1.807) is 19.2 Å². The van der Waals surface area contributed by atoms with Crippen molar-refractivity contribution in [2.45, 2.75) is 13.2 Å². The van der Waals surface area contributed by atoms with Crippen LogP contribution >= 0.6 is 15.9 Å². The maximum atomic E-state index is 13.3. The zero-order valence-corrected chi connectivity index (χ0v) is 12.6. The summed E-state index contributed by atoms with van der Waals surface area (Å²) in [6.07, 6.45) is 0. The predicted octanol–water partition coefficient (Wildman–Crippen LogP) is 3.63. The summed E-state index contributed by atoms with van der Waals surface area (Å²) >= 11 is 3.42. The first-order valence-corrected chi connectivity index (χ1v) is 6.87. The summed E-state index contributed by atoms with van der Waals surface area (Å²) in [7, 11) is 1.61. The average Bonchev–Trinajstić information content (AvgIpc) is 2.47. The fourth-order valence-corrected chi connectivity index (χ4v) is 2.23. The van der Waals surface area contributed by atoms with Crippen molar-refractivity contribution in [1.29, 1.82) is 0 Å². The highest BCUT2D eigenvalue weighted by Crippen LogP contribution is 2.29. The van der Waals surface area contributed by atoms with Crippen molar-refractivity contribution in [3.05, 3.63) is 57.8 Å². The van der Waals surface area contributed by atoms with Crippen LogP contribution in [0.1, 0.15) is 11.1 Å². The molecule has 0 aliphatic carbocycles. The average molecular weight is 340 g/mol. The number of benzene rings is 2. The van der Waals surface area contributed by atoms with Gasteiger partial charge in [-0.3, -0.25) is 0 Å². The second kappa shape index (κ2) is 6.72. The lowest BCUT2D eigenvalue weighted by atomic mass is 10.1. The van der Waals surface area contributed by atoms with Gasteiger partial charge in [-0.05, 0) is 51.8 Å². The van der Waals surface area contributed by atoms with E-state index in [0.29, 0.717) is 17.9 Å². The van der Waals surface area contributed by atoms with Gasteiger partial charge in [0.25, 0.3) is 0 Å². The number of hydrogen-bond acceptors (Lipinski definition) is 3. The second-order valence-electron chi connectivity index (χ2n) is 4.21. The lowest BCUT2D eigenvalue weighted by molar-refractivity contribution is 0.303. The van der Waals surface area contributed by atoms with Crippen LogP contribution in [0.25, 0.3) is 0 Å². The molecule has 2 aromatic carbocycles. The van der Waals surface area contributed by atoms with Gasteiger partial charge in [0.2, 0.25) is 0 Å². The molecule has 0 amide bonds. The fraction of sp³-hybridized carbons (Fsp3) is 0.200. The van der Waals surface area contributed by atoms with E-state index in [2.05, 4.69) is 15.9 Å². The van der Waals surface area contributed by atoms with Crippen molar-refractivity contribution in [2.75, 3.05) is 7.11 Å². The summed E-state index contributed by atoms with van der Waals surface area (Å²) in [5, 5.41) is 0. The van der Waals surface area contributed by atoms with Crippen LogP contribution in [0.4, 0.5) is 4.39 Å². The molecule has 2 N–H and O–H groups in total. The summed E-state index contributed by atoms with van der Waals surface area (Å²) < 4.78 is 25.0. The highest BCUT2D eigenvalue weighted by Gasteiger charge is 2.05. The normalized spacial score (nSPS) is 10.4. The van der Waals surface area contributed by atoms with Gasteiger partial charge in [0.15, 0.2) is 0 Å². The van der Waals surface area contributed by atoms with Crippen molar-refractivity contribution in [1.82, 2.24) is 0 Å². The van der Waals surface area contributed by atoms with Gasteiger partial charge in [-0.1, -0.05) is 6.07 Å². The van der Waals surface area contributed by atoms with Crippen molar-refractivity contribution in [3.63, 3.8) is 0 Å². The Kier molecular flexibility index (Phi) is 4.98. The lowest BCUT2D eigenvalue weighted by Crippen LogP contribution is -2.03. The number of methoxy groups -OCH3 is 1. The van der Waals surface area contributed by atoms with Gasteiger partial charge in [-0.25, -0.2) is 4.39 Å². The molecule has 0 bridgehead atoms. The van der Waals surface area contributed by atoms with Gasteiger partial charge < -0.3 is 15.2 Å². The van der Waals surface area contributed by atoms with Crippen molar-refractivity contribution in [2.24, 2.45) is 5.73 Å². The molecule has 5 heteroatoms. The van der Waals surface area contributed by atoms with Crippen LogP contribution in [-0.4, -0.2) is 7.11 Å². The summed E-state index contributed by atoms with van der Waals surface area (Å²) in [4.78, 5) is 0. The van der Waals surface area contributed by atoms with E-state index < -0.39 is 0 Å². The Morgan fingerprint density at radius 3 is 2.65 bits per heavy atom. The minimum Gasteiger partial charge on any atom is -0.497 e. The summed E-state index contributed by atoms with van der Waals surface area (Å²) in [6, 6.07) is 10.3. The monoisotopic (exact) mass is 339 g/mol. The molecule has 0 aliphatic rings. The van der Waals surface area contributed by atoms with Gasteiger partial charge in [0.05, 0.1) is 11.6 Å². The third-order valence-electron chi connectivity index (χ3n) is 2.86. The van der Waals surface area contributed by atoms with Crippen LogP contribution in [0.3, 0.4) is 0 Å². The molecule has 0 radical (unpaired) electrons. The zero-order valence-electron chi connectivity index (χ0n) is 11.0. The highest BCUT2D eigenvalue weighted by molar-refractivity contribution is 9.10. The second-order valence-corrected chi connectivity index (χ2v) is 5.07. The van der Waals surface area contributed by atoms with E-state index in [9.17, 15) is 4.39 Å². The maximum absolute atomic E-state index is 13.3. The first kappa shape index (κ1) is 14.8. The molecule has 0 saturated heterocycles. The molecule has 0 saturated carbocycles. The molecule has 0 heterocycles. The molecule has 3 nitrogen and oxygen atoms in total. The first-order valence-electron chi connectivity index (χ1n) is 6.07. The van der Waals surface area contributed by atoms with Crippen molar-refractivity contribution < 1.29 is 13.9 Å². The Morgan fingerprint density at radius 2 is 2.00 bits per heavy atom. The molecule has 0 spiro atoms. The number of ether oxygens (including phenoxy) is 2. The molecule has 0 unspecified atom stereocenters. The number of halogens is 2. The topological polar surface area (TPSA) is 44.5 Å². The fourth-order valence-electron chi connectivity index (χ4n) is 1.76. The van der Waals surface area contributed by atoms with Crippen molar-refractivity contribution in [3.8, 4) is 11.5 Å². The smallest absolute Gasteiger partial charge is 0.134 e. The van der Waals surface area contributed by atoms with Crippen LogP contribution in [-0.2, 0) is 13.2 Å². The quantitative estimate of drug-likeness (QED) is 0.904. The molecule has 2 aromatic rings. The van der Waals surface area contributed by atoms with E-state index in [4.69, 9.17) is 15.2 Å². The van der Waals surface area contributed by atoms with Gasteiger partial charge in [0.1, 0.15) is 23.9 Å². The van der Waals surface area contributed by atoms with Crippen LogP contribution in [0.15, 0.2) is 40.9 Å². The summed E-state index contributed by atoms with van der Waals surface area (Å²) in [5.41, 5.74) is 6.84. The van der Waals surface area contributed by atoms with Gasteiger partial charge in [-0.2, -0.15) is 0 Å². The third-order valence-corrected chi connectivity index (χ3v) is 3.48. The molecular formula is C15H15BrFNO2. The maximum Gasteiger partial charge on any atom is 0.134 e. The van der Waals surface area contributed by atoms with Crippen LogP contribution < -0.4 is 15.2 Å². The van der Waals surface area contributed by atoms with E-state index >= 15 is 0 Å².